The van der Waals surface area contributed by atoms with Crippen molar-refractivity contribution in [3.63, 3.8) is 0 Å². The predicted octanol–water partition coefficient (Wildman–Crippen LogP) is 22.5. The highest BCUT2D eigenvalue weighted by Crippen LogP contribution is 2.66. The maximum Gasteiger partial charge on any atom is 0.0504 e. The van der Waals surface area contributed by atoms with Gasteiger partial charge in [-0.05, 0) is 155 Å². The Morgan fingerprint density at radius 3 is 1.48 bits per heavy atom. The third-order valence-electron chi connectivity index (χ3n) is 17.6. The van der Waals surface area contributed by atoms with Crippen LogP contribution in [0.25, 0.3) is 46.0 Å². The summed E-state index contributed by atoms with van der Waals surface area (Å²) in [5, 5.41) is 3.38. The number of benzene rings is 4. The van der Waals surface area contributed by atoms with Gasteiger partial charge >= 0.3 is 0 Å². The Bertz CT molecular complexity index is 2640. The number of allylic oxidation sites excluding steroid dienone is 1. The first-order chi connectivity index (χ1) is 33.9. The lowest BCUT2D eigenvalue weighted by Gasteiger charge is -2.33. The van der Waals surface area contributed by atoms with Crippen LogP contribution < -0.4 is 0 Å². The van der Waals surface area contributed by atoms with E-state index in [0.717, 1.165) is 12.8 Å². The molecule has 1 aliphatic heterocycles. The van der Waals surface area contributed by atoms with Crippen molar-refractivity contribution in [2.45, 2.75) is 231 Å². The zero-order chi connectivity index (χ0) is 47.8. The van der Waals surface area contributed by atoms with E-state index >= 15 is 0 Å². The zero-order valence-corrected chi connectivity index (χ0v) is 46.3. The number of rotatable bonds is 28. The Hall–Kier alpha value is -3.11. The predicted molar refractivity (Wildman–Crippen MR) is 311 cm³/mol. The molecule has 0 fully saturated rings. The summed E-state index contributed by atoms with van der Waals surface area (Å²) in [6, 6.07) is 32.6. The van der Waals surface area contributed by atoms with Crippen molar-refractivity contribution in [2.75, 3.05) is 0 Å². The Morgan fingerprint density at radius 2 is 0.957 bits per heavy atom. The Morgan fingerprint density at radius 1 is 0.478 bits per heavy atom. The first kappa shape index (κ1) is 50.8. The molecular formula is C66H86S3. The molecule has 1 unspecified atom stereocenters. The molecule has 0 nitrogen and oxygen atoms in total. The van der Waals surface area contributed by atoms with E-state index in [-0.39, 0.29) is 10.8 Å². The quantitative estimate of drug-likeness (QED) is 0.0442. The minimum atomic E-state index is 0.0467. The van der Waals surface area contributed by atoms with E-state index < -0.39 is 0 Å². The van der Waals surface area contributed by atoms with Crippen LogP contribution >= 0.6 is 34.4 Å². The summed E-state index contributed by atoms with van der Waals surface area (Å²) >= 11 is 6.30. The average Bonchev–Trinajstić information content (AvgIpc) is 4.19. The van der Waals surface area contributed by atoms with Crippen LogP contribution in [0.5, 0.6) is 0 Å². The highest BCUT2D eigenvalue weighted by atomic mass is 32.2. The molecule has 0 spiro atoms. The normalized spacial score (nSPS) is 16.5. The highest BCUT2D eigenvalue weighted by Gasteiger charge is 2.48. The third-order valence-corrected chi connectivity index (χ3v) is 21.5. The Kier molecular flexibility index (Phi) is 17.4. The van der Waals surface area contributed by atoms with E-state index in [1.165, 1.54) is 219 Å². The SMILES string of the molecule is CCCCCCCCCCCCc1ccc(-c2cc3sc4c(c3s2)C(CC)(CC)c2cc3cc5c(cc3cc2-4)C(CC)(CC)C2=C5SC(c3ccc(CCCCCCCCCCCC)cc3)C2)cc1. The molecule has 0 amide bonds. The molecule has 0 saturated heterocycles. The number of hydrogen-bond donors (Lipinski definition) is 0. The van der Waals surface area contributed by atoms with Gasteiger partial charge in [0.05, 0.1) is 4.70 Å². The average molecular weight is 976 g/mol. The monoisotopic (exact) mass is 975 g/mol. The van der Waals surface area contributed by atoms with Crippen LogP contribution in [-0.2, 0) is 23.7 Å². The van der Waals surface area contributed by atoms with E-state index in [9.17, 15) is 0 Å². The van der Waals surface area contributed by atoms with E-state index in [1.54, 1.807) is 32.0 Å². The highest BCUT2D eigenvalue weighted by molar-refractivity contribution is 8.08. The summed E-state index contributed by atoms with van der Waals surface area (Å²) in [4.78, 5) is 4.57. The van der Waals surface area contributed by atoms with Gasteiger partial charge in [-0.15, -0.1) is 34.4 Å². The molecule has 2 aliphatic carbocycles. The van der Waals surface area contributed by atoms with Gasteiger partial charge in [-0.25, -0.2) is 0 Å². The standard InChI is InChI=1S/C66H86S3/c1-7-13-15-17-19-21-23-25-27-29-31-47-33-37-49(38-34-47)58-45-57-62(67-58)53-41-51-44-56-54(42-52(51)43-55(53)65(57,9-3)10-4)63-61(66(56,11-5)12-6)64-60(69-63)46-59(68-64)50-39-35-48(36-40-50)32-30-28-26-24-22-20-18-16-14-8-2/h33-44,46,58H,7-32,45H2,1-6H3. The van der Waals surface area contributed by atoms with Crippen LogP contribution in [0.3, 0.4) is 0 Å². The molecule has 4 aromatic carbocycles. The number of unbranched alkanes of at least 4 members (excludes halogenated alkanes) is 18. The molecule has 0 bridgehead atoms. The van der Waals surface area contributed by atoms with Crippen molar-refractivity contribution in [2.24, 2.45) is 0 Å². The molecule has 0 N–H and O–H groups in total. The van der Waals surface area contributed by atoms with Crippen LogP contribution in [0.1, 0.15) is 246 Å². The second-order valence-electron chi connectivity index (χ2n) is 21.8. The van der Waals surface area contributed by atoms with E-state index in [1.807, 2.05) is 0 Å². The fourth-order valence-electron chi connectivity index (χ4n) is 13.2. The molecule has 3 heteroatoms. The summed E-state index contributed by atoms with van der Waals surface area (Å²) in [6.07, 6.45) is 36.2. The maximum atomic E-state index is 2.65. The van der Waals surface area contributed by atoms with E-state index in [0.29, 0.717) is 5.25 Å². The first-order valence-corrected chi connectivity index (χ1v) is 31.2. The summed E-state index contributed by atoms with van der Waals surface area (Å²) in [5.41, 5.74) is 15.7. The van der Waals surface area contributed by atoms with Gasteiger partial charge in [-0.1, -0.05) is 206 Å². The second kappa shape index (κ2) is 23.6. The third kappa shape index (κ3) is 10.4. The molecule has 9 rings (SSSR count). The molecule has 0 saturated carbocycles. The molecule has 368 valence electrons. The van der Waals surface area contributed by atoms with Crippen molar-refractivity contribution < 1.29 is 0 Å². The maximum absolute atomic E-state index is 2.65. The number of aryl methyl sites for hydroxylation is 2. The Labute approximate surface area is 432 Å². The van der Waals surface area contributed by atoms with Gasteiger partial charge in [0.1, 0.15) is 0 Å². The lowest BCUT2D eigenvalue weighted by atomic mass is 9.71. The number of fused-ring (bicyclic) bond motifs is 8. The largest absolute Gasteiger partial charge is 0.134 e. The van der Waals surface area contributed by atoms with Gasteiger partial charge < -0.3 is 0 Å². The molecule has 1 atom stereocenters. The van der Waals surface area contributed by atoms with Crippen molar-refractivity contribution in [3.05, 3.63) is 123 Å². The van der Waals surface area contributed by atoms with Crippen LogP contribution in [0.2, 0.25) is 0 Å². The van der Waals surface area contributed by atoms with Gasteiger partial charge in [0, 0.05) is 35.4 Å². The Balaban J connectivity index is 0.883. The minimum absolute atomic E-state index is 0.0467. The van der Waals surface area contributed by atoms with Crippen LogP contribution in [-0.4, -0.2) is 0 Å². The van der Waals surface area contributed by atoms with E-state index in [2.05, 4.69) is 155 Å². The molecular weight excluding hydrogens is 889 g/mol. The summed E-state index contributed by atoms with van der Waals surface area (Å²) in [7, 11) is 0. The van der Waals surface area contributed by atoms with Gasteiger partial charge in [0.25, 0.3) is 0 Å². The van der Waals surface area contributed by atoms with Crippen LogP contribution in [0.4, 0.5) is 0 Å². The zero-order valence-electron chi connectivity index (χ0n) is 43.9. The van der Waals surface area contributed by atoms with Gasteiger partial charge in [0.2, 0.25) is 0 Å². The smallest absolute Gasteiger partial charge is 0.0504 e. The molecule has 3 aliphatic rings. The summed E-state index contributed by atoms with van der Waals surface area (Å²) in [5.74, 6) is 0. The molecule has 69 heavy (non-hydrogen) atoms. The van der Waals surface area contributed by atoms with Crippen molar-refractivity contribution in [1.29, 1.82) is 0 Å². The second-order valence-corrected chi connectivity index (χ2v) is 25.1. The fourth-order valence-corrected chi connectivity index (χ4v) is 17.7. The van der Waals surface area contributed by atoms with Crippen molar-refractivity contribution in [1.82, 2.24) is 0 Å². The number of hydrogen-bond acceptors (Lipinski definition) is 3. The molecule has 2 aromatic heterocycles. The lowest BCUT2D eigenvalue weighted by Crippen LogP contribution is -2.25. The van der Waals surface area contributed by atoms with Crippen molar-refractivity contribution >= 4 is 59.5 Å². The molecule has 6 aromatic rings. The van der Waals surface area contributed by atoms with Gasteiger partial charge in [-0.2, -0.15) is 0 Å². The van der Waals surface area contributed by atoms with Crippen LogP contribution in [0, 0.1) is 0 Å². The molecule has 3 heterocycles. The van der Waals surface area contributed by atoms with Gasteiger partial charge in [0.15, 0.2) is 0 Å². The van der Waals surface area contributed by atoms with E-state index in [4.69, 9.17) is 0 Å². The minimum Gasteiger partial charge on any atom is -0.134 e. The van der Waals surface area contributed by atoms with Gasteiger partial charge in [-0.3, -0.25) is 0 Å². The fraction of sp³-hybridized carbons (Fsp3) is 0.545. The lowest BCUT2D eigenvalue weighted by molar-refractivity contribution is 0.463. The summed E-state index contributed by atoms with van der Waals surface area (Å²) in [6.45, 7) is 14.4. The number of thiophene rings is 2. The van der Waals surface area contributed by atoms with Crippen LogP contribution in [0.15, 0.2) is 84.4 Å². The summed E-state index contributed by atoms with van der Waals surface area (Å²) < 4.78 is 3.02. The van der Waals surface area contributed by atoms with Crippen molar-refractivity contribution in [3.8, 4) is 20.9 Å². The topological polar surface area (TPSA) is 0 Å². The first-order valence-electron chi connectivity index (χ1n) is 28.7. The molecule has 0 radical (unpaired) electrons. The number of thioether (sulfide) groups is 1.